The summed E-state index contributed by atoms with van der Waals surface area (Å²) in [6.45, 7) is 0. The van der Waals surface area contributed by atoms with Crippen molar-refractivity contribution in [2.75, 3.05) is 19.5 Å². The molecule has 3 aliphatic rings. The fraction of sp³-hybridized carbons (Fsp3) is 0.171. The van der Waals surface area contributed by atoms with Gasteiger partial charge in [0.2, 0.25) is 5.91 Å². The van der Waals surface area contributed by atoms with Crippen molar-refractivity contribution in [2.45, 2.75) is 17.5 Å². The van der Waals surface area contributed by atoms with Crippen LogP contribution in [0.1, 0.15) is 43.4 Å². The molecule has 7 heteroatoms. The Bertz CT molecular complexity index is 1800. The summed E-state index contributed by atoms with van der Waals surface area (Å²) in [5.41, 5.74) is 2.56. The molecule has 1 spiro atoms. The van der Waals surface area contributed by atoms with E-state index >= 15 is 0 Å². The maximum Gasteiger partial charge on any atom is 0.238 e. The Balaban J connectivity index is 1.53. The summed E-state index contributed by atoms with van der Waals surface area (Å²) in [6.07, 6.45) is 3.81. The van der Waals surface area contributed by atoms with Gasteiger partial charge in [-0.15, -0.1) is 0 Å². The summed E-state index contributed by atoms with van der Waals surface area (Å²) < 4.78 is 10.9. The molecule has 42 heavy (non-hydrogen) atoms. The van der Waals surface area contributed by atoms with Gasteiger partial charge >= 0.3 is 0 Å². The van der Waals surface area contributed by atoms with Crippen molar-refractivity contribution < 1.29 is 23.9 Å². The Hall–Kier alpha value is -5.17. The Morgan fingerprint density at radius 2 is 1.43 bits per heavy atom. The highest BCUT2D eigenvalue weighted by Crippen LogP contribution is 2.62. The van der Waals surface area contributed by atoms with Crippen LogP contribution in [0.4, 0.5) is 5.69 Å². The molecule has 0 aliphatic carbocycles. The summed E-state index contributed by atoms with van der Waals surface area (Å²) >= 11 is 0. The second kappa shape index (κ2) is 9.73. The van der Waals surface area contributed by atoms with Crippen LogP contribution in [0.5, 0.6) is 11.5 Å². The molecule has 4 aromatic rings. The smallest absolute Gasteiger partial charge is 0.238 e. The number of hydrogen-bond acceptors (Lipinski definition) is 6. The average Bonchev–Trinajstić information content (AvgIpc) is 3.52. The Kier molecular flexibility index (Phi) is 5.97. The van der Waals surface area contributed by atoms with Crippen LogP contribution in [0.3, 0.4) is 0 Å². The second-order valence-corrected chi connectivity index (χ2v) is 10.8. The number of nitrogens with zero attached hydrogens (tertiary/aromatic N) is 1. The summed E-state index contributed by atoms with van der Waals surface area (Å²) in [7, 11) is 3.09. The maximum absolute atomic E-state index is 14.9. The van der Waals surface area contributed by atoms with Crippen LogP contribution in [0.15, 0.2) is 103 Å². The molecular weight excluding hydrogens is 528 g/mol. The topological polar surface area (TPSA) is 84.9 Å². The Morgan fingerprint density at radius 1 is 0.786 bits per heavy atom. The predicted octanol–water partition coefficient (Wildman–Crippen LogP) is 5.69. The predicted molar refractivity (Wildman–Crippen MR) is 159 cm³/mol. The summed E-state index contributed by atoms with van der Waals surface area (Å²) in [6, 6.07) is 27.6. The van der Waals surface area contributed by atoms with Gasteiger partial charge in [-0.05, 0) is 53.1 Å². The van der Waals surface area contributed by atoms with Crippen LogP contribution in [-0.2, 0) is 10.2 Å². The standard InChI is InChI=1S/C35H28N2O5/c1-41-24-12-7-10-22(19-24)31(38)29-30(32(39)23-11-8-13-25(20-23)42-2)37-18-17-21-9-3-4-14-26(21)33(37)35(29)27-15-5-6-16-28(27)36-34(35)40/h3-20,29-30,33H,1-2H3,(H,36,40)/t29-,30+,33-,35-/m1/s1. The highest BCUT2D eigenvalue weighted by Gasteiger charge is 2.70. The van der Waals surface area contributed by atoms with Gasteiger partial charge in [0.15, 0.2) is 11.6 Å². The lowest BCUT2D eigenvalue weighted by Crippen LogP contribution is -2.49. The number of benzene rings is 4. The molecule has 0 unspecified atom stereocenters. The number of fused-ring (bicyclic) bond motifs is 6. The highest BCUT2D eigenvalue weighted by molar-refractivity contribution is 6.16. The molecule has 3 heterocycles. The minimum Gasteiger partial charge on any atom is -0.497 e. The molecular formula is C35H28N2O5. The molecule has 1 amide bonds. The van der Waals surface area contributed by atoms with Gasteiger partial charge in [0.25, 0.3) is 0 Å². The van der Waals surface area contributed by atoms with Crippen molar-refractivity contribution >= 4 is 29.2 Å². The molecule has 4 atom stereocenters. The lowest BCUT2D eigenvalue weighted by atomic mass is 9.62. The van der Waals surface area contributed by atoms with Crippen LogP contribution in [0, 0.1) is 5.92 Å². The lowest BCUT2D eigenvalue weighted by Gasteiger charge is -2.38. The fourth-order valence-electron chi connectivity index (χ4n) is 7.07. The number of nitrogens with one attached hydrogen (secondary N) is 1. The van der Waals surface area contributed by atoms with E-state index in [0.29, 0.717) is 33.9 Å². The number of para-hydroxylation sites is 1. The van der Waals surface area contributed by atoms with Gasteiger partial charge in [0.1, 0.15) is 23.0 Å². The zero-order chi connectivity index (χ0) is 29.0. The second-order valence-electron chi connectivity index (χ2n) is 10.8. The van der Waals surface area contributed by atoms with Crippen LogP contribution < -0.4 is 14.8 Å². The minimum atomic E-state index is -1.39. The first-order chi connectivity index (χ1) is 20.5. The van der Waals surface area contributed by atoms with Gasteiger partial charge in [-0.25, -0.2) is 0 Å². The number of Topliss-reactive ketones (excluding diaryl/α,β-unsaturated/α-hetero) is 2. The van der Waals surface area contributed by atoms with Crippen molar-refractivity contribution in [2.24, 2.45) is 5.92 Å². The van der Waals surface area contributed by atoms with Crippen molar-refractivity contribution in [3.8, 4) is 11.5 Å². The molecule has 0 saturated carbocycles. The molecule has 7 rings (SSSR count). The average molecular weight is 557 g/mol. The number of carbonyl (C=O) groups excluding carboxylic acids is 3. The summed E-state index contributed by atoms with van der Waals surface area (Å²) in [5.74, 6) is -0.883. The first kappa shape index (κ1) is 25.8. The van der Waals surface area contributed by atoms with Crippen molar-refractivity contribution in [1.29, 1.82) is 0 Å². The number of anilines is 1. The molecule has 1 fully saturated rings. The number of rotatable bonds is 6. The largest absolute Gasteiger partial charge is 0.497 e. The van der Waals surface area contributed by atoms with Gasteiger partial charge in [-0.3, -0.25) is 14.4 Å². The molecule has 208 valence electrons. The molecule has 7 nitrogen and oxygen atoms in total. The SMILES string of the molecule is COc1cccc(C(=O)[C@@H]2[C@H](C(=O)c3cccc(OC)c3)[C@@]3(C(=O)Nc4ccccc43)[C@H]3c4ccccc4C=CN23)c1. The molecule has 1 N–H and O–H groups in total. The van der Waals surface area contributed by atoms with E-state index in [1.807, 2.05) is 65.7 Å². The first-order valence-electron chi connectivity index (χ1n) is 13.8. The Morgan fingerprint density at radius 3 is 2.14 bits per heavy atom. The number of hydrogen-bond donors (Lipinski definition) is 1. The quantitative estimate of drug-likeness (QED) is 0.308. The van der Waals surface area contributed by atoms with Crippen LogP contribution in [0.2, 0.25) is 0 Å². The highest BCUT2D eigenvalue weighted by atomic mass is 16.5. The monoisotopic (exact) mass is 556 g/mol. The van der Waals surface area contributed by atoms with Gasteiger partial charge in [0, 0.05) is 23.0 Å². The number of carbonyl (C=O) groups is 3. The Labute approximate surface area is 243 Å². The molecule has 3 aliphatic heterocycles. The van der Waals surface area contributed by atoms with Crippen LogP contribution >= 0.6 is 0 Å². The normalized spacial score (nSPS) is 23.1. The van der Waals surface area contributed by atoms with E-state index in [2.05, 4.69) is 5.32 Å². The zero-order valence-corrected chi connectivity index (χ0v) is 23.1. The lowest BCUT2D eigenvalue weighted by molar-refractivity contribution is -0.122. The third-order valence-corrected chi connectivity index (χ3v) is 8.83. The molecule has 4 aromatic carbocycles. The number of ketones is 2. The van der Waals surface area contributed by atoms with Crippen LogP contribution in [-0.4, -0.2) is 42.6 Å². The third kappa shape index (κ3) is 3.56. The van der Waals surface area contributed by atoms with E-state index in [0.717, 1.165) is 11.1 Å². The first-order valence-corrected chi connectivity index (χ1v) is 13.8. The maximum atomic E-state index is 14.9. The number of amides is 1. The van der Waals surface area contributed by atoms with Crippen molar-refractivity contribution in [3.05, 3.63) is 131 Å². The molecule has 0 radical (unpaired) electrons. The molecule has 1 saturated heterocycles. The molecule has 0 aromatic heterocycles. The van der Waals surface area contributed by atoms with E-state index in [1.54, 1.807) is 62.8 Å². The van der Waals surface area contributed by atoms with Gasteiger partial charge in [0.05, 0.1) is 26.2 Å². The number of methoxy groups -OCH3 is 2. The van der Waals surface area contributed by atoms with Gasteiger partial charge in [-0.1, -0.05) is 66.7 Å². The van der Waals surface area contributed by atoms with Gasteiger partial charge < -0.3 is 19.7 Å². The van der Waals surface area contributed by atoms with Crippen molar-refractivity contribution in [3.63, 3.8) is 0 Å². The van der Waals surface area contributed by atoms with E-state index in [-0.39, 0.29) is 17.5 Å². The van der Waals surface area contributed by atoms with E-state index in [9.17, 15) is 14.4 Å². The van der Waals surface area contributed by atoms with Gasteiger partial charge in [-0.2, -0.15) is 0 Å². The zero-order valence-electron chi connectivity index (χ0n) is 23.1. The van der Waals surface area contributed by atoms with Crippen molar-refractivity contribution in [1.82, 2.24) is 4.90 Å². The summed E-state index contributed by atoms with van der Waals surface area (Å²) in [4.78, 5) is 46.0. The number of ether oxygens (including phenoxy) is 2. The van der Waals surface area contributed by atoms with E-state index < -0.39 is 23.4 Å². The summed E-state index contributed by atoms with van der Waals surface area (Å²) in [5, 5.41) is 3.07. The van der Waals surface area contributed by atoms with E-state index in [4.69, 9.17) is 9.47 Å². The molecule has 0 bridgehead atoms. The van der Waals surface area contributed by atoms with E-state index in [1.165, 1.54) is 0 Å². The minimum absolute atomic E-state index is 0.266. The van der Waals surface area contributed by atoms with Crippen LogP contribution in [0.25, 0.3) is 6.08 Å². The fourth-order valence-corrected chi connectivity index (χ4v) is 7.07. The third-order valence-electron chi connectivity index (χ3n) is 8.83.